The fraction of sp³-hybridized carbons (Fsp3) is 0.0323. The molecule has 0 aliphatic carbocycles. The lowest BCUT2D eigenvalue weighted by molar-refractivity contribution is 1.24. The van der Waals surface area contributed by atoms with Gasteiger partial charge in [-0.15, -0.1) is 0 Å². The van der Waals surface area contributed by atoms with Crippen LogP contribution in [0.3, 0.4) is 0 Å². The third-order valence-corrected chi connectivity index (χ3v) is 12.6. The van der Waals surface area contributed by atoms with Gasteiger partial charge in [0.2, 0.25) is 0 Å². The van der Waals surface area contributed by atoms with Gasteiger partial charge in [0.25, 0.3) is 0 Å². The molecule has 0 fully saturated rings. The Balaban J connectivity index is 0.00000383. The summed E-state index contributed by atoms with van der Waals surface area (Å²) in [6.45, 7) is 4.00. The number of fused-ring (bicyclic) bond motifs is 6. The van der Waals surface area contributed by atoms with Gasteiger partial charge in [0.05, 0.1) is 101 Å². The molecule has 0 bridgehead atoms. The monoisotopic (exact) mass is 1020 g/mol. The highest BCUT2D eigenvalue weighted by Crippen LogP contribution is 2.43. The fourth-order valence-electron chi connectivity index (χ4n) is 8.79. The van der Waals surface area contributed by atoms with Gasteiger partial charge in [-0.1, -0.05) is 50.2 Å². The van der Waals surface area contributed by atoms with Gasteiger partial charge in [-0.25, -0.2) is 29.9 Å². The van der Waals surface area contributed by atoms with Gasteiger partial charge in [-0.3, -0.25) is 0 Å². The maximum Gasteiger partial charge on any atom is 0.120 e. The van der Waals surface area contributed by atoms with Gasteiger partial charge in [0.15, 0.2) is 0 Å². The van der Waals surface area contributed by atoms with Crippen molar-refractivity contribution in [1.82, 2.24) is 29.9 Å². The van der Waals surface area contributed by atoms with Crippen LogP contribution in [0, 0.1) is 136 Å². The fourth-order valence-corrected chi connectivity index (χ4v) is 8.79. The molecule has 0 radical (unpaired) electrons. The van der Waals surface area contributed by atoms with Crippen molar-refractivity contribution in [2.75, 3.05) is 0 Å². The zero-order valence-electron chi connectivity index (χ0n) is 41.4. The Morgan fingerprint density at radius 2 is 0.325 bits per heavy atom. The van der Waals surface area contributed by atoms with Crippen LogP contribution in [-0.2, 0) is 0 Å². The van der Waals surface area contributed by atoms with Gasteiger partial charge >= 0.3 is 0 Å². The van der Waals surface area contributed by atoms with Gasteiger partial charge < -0.3 is 0 Å². The van der Waals surface area contributed by atoms with Crippen LogP contribution in [0.2, 0.25) is 0 Å². The number of aromatic nitrogens is 6. The van der Waals surface area contributed by atoms with E-state index >= 15 is 0 Å². The molecule has 80 heavy (non-hydrogen) atoms. The van der Waals surface area contributed by atoms with E-state index in [4.69, 9.17) is 29.9 Å². The summed E-state index contributed by atoms with van der Waals surface area (Å²) in [6.07, 6.45) is 0. The second kappa shape index (κ2) is 21.5. The molecule has 0 atom stereocenters. The normalized spacial score (nSPS) is 9.97. The lowest BCUT2D eigenvalue weighted by Gasteiger charge is -2.18. The third-order valence-electron chi connectivity index (χ3n) is 12.6. The van der Waals surface area contributed by atoms with Gasteiger partial charge in [-0.05, 0) is 72.8 Å². The first kappa shape index (κ1) is 51.3. The van der Waals surface area contributed by atoms with E-state index in [0.29, 0.717) is 0 Å². The second-order valence-electron chi connectivity index (χ2n) is 16.8. The molecule has 10 rings (SSSR count). The molecular formula is C62H24N18. The summed E-state index contributed by atoms with van der Waals surface area (Å²) in [4.78, 5) is 31.6. The molecule has 0 saturated heterocycles. The van der Waals surface area contributed by atoms with E-state index in [1.165, 1.54) is 72.8 Å². The Labute approximate surface area is 454 Å². The molecule has 0 aliphatic rings. The second-order valence-corrected chi connectivity index (χ2v) is 16.8. The molecule has 3 aromatic heterocycles. The smallest absolute Gasteiger partial charge is 0.120 e. The predicted molar refractivity (Wildman–Crippen MR) is 286 cm³/mol. The lowest BCUT2D eigenvalue weighted by atomic mass is 9.96. The largest absolute Gasteiger partial charge is 0.241 e. The van der Waals surface area contributed by atoms with Crippen molar-refractivity contribution >= 4 is 33.1 Å². The Bertz CT molecular complexity index is 4130. The maximum atomic E-state index is 10.2. The highest BCUT2D eigenvalue weighted by atomic mass is 14.9. The molecule has 0 spiro atoms. The molecule has 0 unspecified atom stereocenters. The van der Waals surface area contributed by atoms with E-state index < -0.39 is 0 Å². The molecule has 7 aromatic carbocycles. The highest BCUT2D eigenvalue weighted by Gasteiger charge is 2.27. The topological polar surface area (TPSA) is 363 Å². The minimum absolute atomic E-state index is 0.00621. The number of rotatable bonds is 6. The van der Waals surface area contributed by atoms with Crippen molar-refractivity contribution in [2.24, 2.45) is 0 Å². The van der Waals surface area contributed by atoms with E-state index in [2.05, 4.69) is 0 Å². The summed E-state index contributed by atoms with van der Waals surface area (Å²) in [7, 11) is 0. The number of benzene rings is 7. The lowest BCUT2D eigenvalue weighted by Crippen LogP contribution is -2.05. The molecule has 18 heteroatoms. The quantitative estimate of drug-likeness (QED) is 0.140. The number of hydrogen-bond donors (Lipinski definition) is 0. The maximum absolute atomic E-state index is 10.2. The zero-order chi connectivity index (χ0) is 56.8. The van der Waals surface area contributed by atoms with Crippen molar-refractivity contribution in [1.29, 1.82) is 63.1 Å². The van der Waals surface area contributed by atoms with Crippen LogP contribution in [0.25, 0.3) is 101 Å². The molecule has 362 valence electrons. The van der Waals surface area contributed by atoms with E-state index in [9.17, 15) is 63.1 Å². The molecule has 0 amide bonds. The van der Waals surface area contributed by atoms with Crippen molar-refractivity contribution in [3.63, 3.8) is 0 Å². The summed E-state index contributed by atoms with van der Waals surface area (Å²) < 4.78 is 0. The Kier molecular flexibility index (Phi) is 13.8. The minimum Gasteiger partial charge on any atom is -0.241 e. The standard InChI is InChI=1S/C60H18N18.C2H6/c61-19-37-7-1-31(13-43(37)25-67)49-50(32-2-8-38(20-62)44(14-32)26-68)74-56-55(73-49)57-59(77-52(34-4-10-40(22-64)46(16-34)28-70)51(75-57)33-3-9-39(21-63)45(15-33)27-69)60-58(56)76-53(35-5-11-41(23-65)47(17-35)29-71)54(78-60)36-6-12-42(24-66)48(18-36)30-72;1-2/h1-18H;1-2H3. The summed E-state index contributed by atoms with van der Waals surface area (Å²) in [5.74, 6) is 0. The summed E-state index contributed by atoms with van der Waals surface area (Å²) >= 11 is 0. The Hall–Kier alpha value is -13.6. The van der Waals surface area contributed by atoms with Crippen LogP contribution in [0.4, 0.5) is 0 Å². The van der Waals surface area contributed by atoms with Crippen LogP contribution >= 0.6 is 0 Å². The van der Waals surface area contributed by atoms with Gasteiger partial charge in [0.1, 0.15) is 106 Å². The van der Waals surface area contributed by atoms with E-state index in [-0.39, 0.29) is 167 Å². The first-order valence-corrected chi connectivity index (χ1v) is 23.5. The van der Waals surface area contributed by atoms with Crippen LogP contribution in [0.1, 0.15) is 80.6 Å². The Morgan fingerprint density at radius 3 is 0.438 bits per heavy atom. The van der Waals surface area contributed by atoms with Crippen molar-refractivity contribution in [3.05, 3.63) is 176 Å². The van der Waals surface area contributed by atoms with Gasteiger partial charge in [0, 0.05) is 33.4 Å². The average molecular weight is 1020 g/mol. The molecule has 0 N–H and O–H groups in total. The number of nitrogens with zero attached hydrogens (tertiary/aromatic N) is 18. The van der Waals surface area contributed by atoms with E-state index in [0.717, 1.165) is 0 Å². The minimum atomic E-state index is -0.00621. The molecule has 0 saturated carbocycles. The third kappa shape index (κ3) is 8.72. The van der Waals surface area contributed by atoms with Gasteiger partial charge in [-0.2, -0.15) is 63.1 Å². The molecular weight excluding hydrogens is 997 g/mol. The van der Waals surface area contributed by atoms with E-state index in [1.807, 2.05) is 86.7 Å². The number of nitriles is 12. The molecule has 0 aliphatic heterocycles. The van der Waals surface area contributed by atoms with Crippen LogP contribution < -0.4 is 0 Å². The molecule has 18 nitrogen and oxygen atoms in total. The SMILES string of the molecule is CC.N#Cc1ccc(-c2nc3c4nc(-c5ccc(C#N)c(C#N)c5)c(-c5ccc(C#N)c(C#N)c5)nc4c4nc(-c5ccc(C#N)c(C#N)c5)c(-c5ccc(C#N)c(C#N)c5)nc4c3nc2-c2ccc(C#N)c(C#N)c2)cc1C#N. The summed E-state index contributed by atoms with van der Waals surface area (Å²) in [5, 5.41) is 121. The highest BCUT2D eigenvalue weighted by molar-refractivity contribution is 6.20. The van der Waals surface area contributed by atoms with Crippen molar-refractivity contribution < 1.29 is 0 Å². The van der Waals surface area contributed by atoms with E-state index in [1.54, 1.807) is 36.4 Å². The summed E-state index contributed by atoms with van der Waals surface area (Å²) in [6, 6.07) is 50.9. The Morgan fingerprint density at radius 1 is 0.200 bits per heavy atom. The van der Waals surface area contributed by atoms with Crippen molar-refractivity contribution in [3.8, 4) is 140 Å². The predicted octanol–water partition coefficient (Wildman–Crippen LogP) is 11.0. The zero-order valence-corrected chi connectivity index (χ0v) is 41.4. The molecule has 3 heterocycles. The van der Waals surface area contributed by atoms with Crippen LogP contribution in [-0.4, -0.2) is 29.9 Å². The van der Waals surface area contributed by atoms with Crippen LogP contribution in [0.5, 0.6) is 0 Å². The molecule has 10 aromatic rings. The van der Waals surface area contributed by atoms with Crippen molar-refractivity contribution in [2.45, 2.75) is 13.8 Å². The number of hydrogen-bond acceptors (Lipinski definition) is 18. The summed E-state index contributed by atoms with van der Waals surface area (Å²) in [5.41, 5.74) is 2.65. The first-order chi connectivity index (χ1) is 39.1. The van der Waals surface area contributed by atoms with Crippen LogP contribution in [0.15, 0.2) is 109 Å². The first-order valence-electron chi connectivity index (χ1n) is 23.5. The average Bonchev–Trinajstić information content (AvgIpc) is 3.68.